The minimum absolute atomic E-state index is 0.189. The van der Waals surface area contributed by atoms with Gasteiger partial charge in [-0.2, -0.15) is 0 Å². The fourth-order valence-electron chi connectivity index (χ4n) is 4.91. The van der Waals surface area contributed by atoms with Gasteiger partial charge in [0.15, 0.2) is 0 Å². The minimum atomic E-state index is -0.291. The quantitative estimate of drug-likeness (QED) is 0.537. The van der Waals surface area contributed by atoms with Crippen molar-refractivity contribution < 1.29 is 8.78 Å². The first-order chi connectivity index (χ1) is 12.6. The molecular weight excluding hydrogens is 326 g/mol. The molecule has 0 spiro atoms. The average molecular weight is 352 g/mol. The standard InChI is InChI=1S/C24H26F2/c1-2-16-3-5-17(6-4-16)19-7-8-20-14-23(24(26)15-21(20)13-19)18-9-11-22(25)12-10-18/h2,9-12,14-17,19H,1,3-8,13H2. The van der Waals surface area contributed by atoms with E-state index in [2.05, 4.69) is 12.7 Å². The van der Waals surface area contributed by atoms with Gasteiger partial charge in [0.2, 0.25) is 0 Å². The summed E-state index contributed by atoms with van der Waals surface area (Å²) in [6.45, 7) is 3.94. The Morgan fingerprint density at radius 3 is 2.27 bits per heavy atom. The average Bonchev–Trinajstić information content (AvgIpc) is 2.68. The van der Waals surface area contributed by atoms with Gasteiger partial charge < -0.3 is 0 Å². The van der Waals surface area contributed by atoms with Gasteiger partial charge in [-0.15, -0.1) is 6.58 Å². The van der Waals surface area contributed by atoms with Crippen LogP contribution in [0.4, 0.5) is 8.78 Å². The molecule has 2 aliphatic carbocycles. The van der Waals surface area contributed by atoms with Gasteiger partial charge in [0.1, 0.15) is 11.6 Å². The zero-order chi connectivity index (χ0) is 18.1. The molecule has 0 aliphatic heterocycles. The third kappa shape index (κ3) is 3.47. The summed E-state index contributed by atoms with van der Waals surface area (Å²) in [5, 5.41) is 0. The second kappa shape index (κ2) is 7.34. The van der Waals surface area contributed by atoms with Gasteiger partial charge in [-0.05, 0) is 104 Å². The number of rotatable bonds is 3. The van der Waals surface area contributed by atoms with Crippen LogP contribution in [0.5, 0.6) is 0 Å². The van der Waals surface area contributed by atoms with Crippen LogP contribution in [0.25, 0.3) is 11.1 Å². The maximum Gasteiger partial charge on any atom is 0.131 e. The Morgan fingerprint density at radius 1 is 0.846 bits per heavy atom. The van der Waals surface area contributed by atoms with Gasteiger partial charge in [0.05, 0.1) is 0 Å². The summed E-state index contributed by atoms with van der Waals surface area (Å²) in [5.41, 5.74) is 3.78. The van der Waals surface area contributed by atoms with Crippen molar-refractivity contribution in [2.45, 2.75) is 44.9 Å². The summed E-state index contributed by atoms with van der Waals surface area (Å²) in [6.07, 6.45) is 10.4. The number of hydrogen-bond acceptors (Lipinski definition) is 0. The van der Waals surface area contributed by atoms with Crippen LogP contribution in [-0.4, -0.2) is 0 Å². The molecule has 0 nitrogen and oxygen atoms in total. The molecule has 4 rings (SSSR count). The highest BCUT2D eigenvalue weighted by Gasteiger charge is 2.30. The number of fused-ring (bicyclic) bond motifs is 1. The highest BCUT2D eigenvalue weighted by molar-refractivity contribution is 5.66. The number of benzene rings is 2. The Balaban J connectivity index is 1.52. The lowest BCUT2D eigenvalue weighted by atomic mass is 9.69. The van der Waals surface area contributed by atoms with Crippen molar-refractivity contribution in [2.75, 3.05) is 0 Å². The molecule has 0 bridgehead atoms. The Hall–Kier alpha value is -1.96. The number of aryl methyl sites for hydroxylation is 1. The molecular formula is C24H26F2. The number of allylic oxidation sites excluding steroid dienone is 1. The van der Waals surface area contributed by atoms with E-state index in [0.717, 1.165) is 24.3 Å². The third-order valence-corrected chi connectivity index (χ3v) is 6.53. The van der Waals surface area contributed by atoms with Gasteiger partial charge in [-0.3, -0.25) is 0 Å². The molecule has 2 heteroatoms. The largest absolute Gasteiger partial charge is 0.207 e. The molecule has 0 N–H and O–H groups in total. The molecule has 0 radical (unpaired) electrons. The summed E-state index contributed by atoms with van der Waals surface area (Å²) in [4.78, 5) is 0. The van der Waals surface area contributed by atoms with Crippen molar-refractivity contribution in [3.63, 3.8) is 0 Å². The van der Waals surface area contributed by atoms with Crippen LogP contribution in [0.2, 0.25) is 0 Å². The lowest BCUT2D eigenvalue weighted by molar-refractivity contribution is 0.206. The molecule has 1 unspecified atom stereocenters. The van der Waals surface area contributed by atoms with Crippen molar-refractivity contribution in [1.82, 2.24) is 0 Å². The van der Waals surface area contributed by atoms with Crippen LogP contribution in [0, 0.1) is 29.4 Å². The predicted molar refractivity (Wildman–Crippen MR) is 103 cm³/mol. The second-order valence-electron chi connectivity index (χ2n) is 8.02. The maximum atomic E-state index is 14.7. The smallest absolute Gasteiger partial charge is 0.131 e. The zero-order valence-electron chi connectivity index (χ0n) is 15.2. The van der Waals surface area contributed by atoms with Crippen molar-refractivity contribution in [2.24, 2.45) is 17.8 Å². The number of hydrogen-bond donors (Lipinski definition) is 0. The van der Waals surface area contributed by atoms with E-state index in [1.165, 1.54) is 55.4 Å². The SMILES string of the molecule is C=CC1CCC(C2CCc3cc(-c4ccc(F)cc4)c(F)cc3C2)CC1. The van der Waals surface area contributed by atoms with E-state index in [4.69, 9.17) is 0 Å². The van der Waals surface area contributed by atoms with Crippen molar-refractivity contribution >= 4 is 0 Å². The van der Waals surface area contributed by atoms with Crippen molar-refractivity contribution in [3.8, 4) is 11.1 Å². The van der Waals surface area contributed by atoms with Crippen LogP contribution >= 0.6 is 0 Å². The first-order valence-electron chi connectivity index (χ1n) is 9.84. The molecule has 2 aliphatic rings. The third-order valence-electron chi connectivity index (χ3n) is 6.53. The second-order valence-corrected chi connectivity index (χ2v) is 8.02. The molecule has 0 aromatic heterocycles. The Morgan fingerprint density at radius 2 is 1.58 bits per heavy atom. The molecule has 0 heterocycles. The summed E-state index contributed by atoms with van der Waals surface area (Å²) >= 11 is 0. The molecule has 1 saturated carbocycles. The van der Waals surface area contributed by atoms with Crippen LogP contribution in [-0.2, 0) is 12.8 Å². The van der Waals surface area contributed by atoms with Gasteiger partial charge in [0, 0.05) is 5.56 Å². The summed E-state index contributed by atoms with van der Waals surface area (Å²) in [5.74, 6) is 1.67. The molecule has 2 aromatic carbocycles. The van der Waals surface area contributed by atoms with Crippen LogP contribution in [0.15, 0.2) is 49.1 Å². The lowest BCUT2D eigenvalue weighted by Crippen LogP contribution is -2.26. The first kappa shape index (κ1) is 17.5. The van der Waals surface area contributed by atoms with E-state index in [-0.39, 0.29) is 11.6 Å². The minimum Gasteiger partial charge on any atom is -0.207 e. The molecule has 1 fully saturated rings. The van der Waals surface area contributed by atoms with Gasteiger partial charge >= 0.3 is 0 Å². The summed E-state index contributed by atoms with van der Waals surface area (Å²) in [7, 11) is 0. The fraction of sp³-hybridized carbons (Fsp3) is 0.417. The van der Waals surface area contributed by atoms with Gasteiger partial charge in [-0.25, -0.2) is 8.78 Å². The molecule has 2 aromatic rings. The molecule has 136 valence electrons. The molecule has 26 heavy (non-hydrogen) atoms. The molecule has 1 atom stereocenters. The topological polar surface area (TPSA) is 0 Å². The maximum absolute atomic E-state index is 14.7. The monoisotopic (exact) mass is 352 g/mol. The van der Waals surface area contributed by atoms with E-state index in [9.17, 15) is 8.78 Å². The Bertz CT molecular complexity index is 783. The zero-order valence-corrected chi connectivity index (χ0v) is 15.2. The number of halogens is 2. The highest BCUT2D eigenvalue weighted by Crippen LogP contribution is 2.41. The fourth-order valence-corrected chi connectivity index (χ4v) is 4.91. The van der Waals surface area contributed by atoms with Crippen LogP contribution in [0.1, 0.15) is 43.2 Å². The first-order valence-corrected chi connectivity index (χ1v) is 9.84. The van der Waals surface area contributed by atoms with Gasteiger partial charge in [-0.1, -0.05) is 18.2 Å². The highest BCUT2D eigenvalue weighted by atomic mass is 19.1. The molecule has 0 saturated heterocycles. The molecule has 0 amide bonds. The summed E-state index contributed by atoms with van der Waals surface area (Å²) < 4.78 is 27.9. The van der Waals surface area contributed by atoms with E-state index >= 15 is 0 Å². The normalized spacial score (nSPS) is 25.5. The van der Waals surface area contributed by atoms with E-state index < -0.39 is 0 Å². The van der Waals surface area contributed by atoms with Crippen molar-refractivity contribution in [3.05, 3.63) is 71.8 Å². The van der Waals surface area contributed by atoms with Crippen molar-refractivity contribution in [1.29, 1.82) is 0 Å². The van der Waals surface area contributed by atoms with E-state index in [1.807, 2.05) is 6.07 Å². The Labute approximate surface area is 154 Å². The van der Waals surface area contributed by atoms with E-state index in [0.29, 0.717) is 17.4 Å². The van der Waals surface area contributed by atoms with Crippen LogP contribution in [0.3, 0.4) is 0 Å². The Kier molecular flexibility index (Phi) is 4.93. The lowest BCUT2D eigenvalue weighted by Gasteiger charge is -2.36. The predicted octanol–water partition coefficient (Wildman–Crippen LogP) is 6.73. The van der Waals surface area contributed by atoms with E-state index in [1.54, 1.807) is 18.2 Å². The summed E-state index contributed by atoms with van der Waals surface area (Å²) in [6, 6.07) is 9.82. The van der Waals surface area contributed by atoms with Gasteiger partial charge in [0.25, 0.3) is 0 Å². The van der Waals surface area contributed by atoms with Crippen LogP contribution < -0.4 is 0 Å².